The number of ether oxygens (including phenoxy) is 1. The van der Waals surface area contributed by atoms with Crippen LogP contribution in [0.4, 0.5) is 5.69 Å². The highest BCUT2D eigenvalue weighted by atomic mass is 35.5. The minimum atomic E-state index is -0.210. The van der Waals surface area contributed by atoms with Crippen LogP contribution in [0.15, 0.2) is 40.2 Å². The van der Waals surface area contributed by atoms with Gasteiger partial charge in [0.15, 0.2) is 0 Å². The van der Waals surface area contributed by atoms with Crippen molar-refractivity contribution in [1.29, 1.82) is 0 Å². The Morgan fingerprint density at radius 2 is 2.07 bits per heavy atom. The number of fused-ring (bicyclic) bond motifs is 1. The molecule has 1 saturated carbocycles. The second-order valence-corrected chi connectivity index (χ2v) is 8.56. The van der Waals surface area contributed by atoms with Crippen LogP contribution in [-0.4, -0.2) is 42.9 Å². The zero-order chi connectivity index (χ0) is 18.4. The second-order valence-electron chi connectivity index (χ2n) is 8.15. The van der Waals surface area contributed by atoms with Crippen LogP contribution in [0.25, 0.3) is 0 Å². The molecule has 4 aliphatic rings. The van der Waals surface area contributed by atoms with E-state index in [1.54, 1.807) is 5.57 Å². The lowest BCUT2D eigenvalue weighted by Crippen LogP contribution is -2.66. The van der Waals surface area contributed by atoms with E-state index in [2.05, 4.69) is 34.2 Å². The molecule has 144 valence electrons. The van der Waals surface area contributed by atoms with Gasteiger partial charge < -0.3 is 4.74 Å². The first-order valence-electron chi connectivity index (χ1n) is 10.2. The Morgan fingerprint density at radius 1 is 1.22 bits per heavy atom. The molecule has 2 aliphatic heterocycles. The predicted molar refractivity (Wildman–Crippen MR) is 107 cm³/mol. The van der Waals surface area contributed by atoms with Crippen LogP contribution in [0.2, 0.25) is 5.02 Å². The van der Waals surface area contributed by atoms with Crippen LogP contribution in [0.1, 0.15) is 37.7 Å². The highest BCUT2D eigenvalue weighted by molar-refractivity contribution is 6.31. The first-order chi connectivity index (χ1) is 13.2. The van der Waals surface area contributed by atoms with Gasteiger partial charge in [0.05, 0.1) is 18.9 Å². The number of anilines is 1. The lowest BCUT2D eigenvalue weighted by atomic mass is 9.84. The summed E-state index contributed by atoms with van der Waals surface area (Å²) in [6.45, 7) is 5.47. The van der Waals surface area contributed by atoms with Crippen molar-refractivity contribution in [1.82, 2.24) is 4.90 Å². The fourth-order valence-corrected chi connectivity index (χ4v) is 5.70. The van der Waals surface area contributed by atoms with E-state index in [9.17, 15) is 0 Å². The number of rotatable bonds is 3. The normalized spacial score (nSPS) is 33.6. The topological polar surface area (TPSA) is 40.4 Å². The molecule has 0 N–H and O–H groups in total. The molecule has 0 unspecified atom stereocenters. The fourth-order valence-electron chi connectivity index (χ4n) is 5.53. The van der Waals surface area contributed by atoms with Crippen molar-refractivity contribution in [3.63, 3.8) is 0 Å². The van der Waals surface area contributed by atoms with Crippen LogP contribution in [0, 0.1) is 12.8 Å². The fraction of sp³-hybridized carbons (Fsp3) is 0.619. The maximum absolute atomic E-state index is 6.49. The zero-order valence-corrected chi connectivity index (χ0v) is 16.7. The number of benzene rings is 1. The molecule has 27 heavy (non-hydrogen) atoms. The van der Waals surface area contributed by atoms with Crippen molar-refractivity contribution in [2.75, 3.05) is 31.3 Å². The maximum Gasteiger partial charge on any atom is 0.148 e. The van der Waals surface area contributed by atoms with E-state index >= 15 is 0 Å². The van der Waals surface area contributed by atoms with Crippen LogP contribution < -0.4 is 5.01 Å². The summed E-state index contributed by atoms with van der Waals surface area (Å²) in [5.41, 5.74) is 3.54. The van der Waals surface area contributed by atoms with Crippen molar-refractivity contribution < 1.29 is 4.74 Å². The third-order valence-electron chi connectivity index (χ3n) is 6.79. The largest absolute Gasteiger partial charge is 0.379 e. The lowest BCUT2D eigenvalue weighted by Gasteiger charge is -2.50. The van der Waals surface area contributed by atoms with Crippen LogP contribution in [0.5, 0.6) is 0 Å². The number of hydrogen-bond acceptors (Lipinski definition) is 5. The van der Waals surface area contributed by atoms with Crippen LogP contribution in [0.3, 0.4) is 0 Å². The van der Waals surface area contributed by atoms with Crippen molar-refractivity contribution in [2.24, 2.45) is 16.3 Å². The zero-order valence-electron chi connectivity index (χ0n) is 15.9. The molecule has 0 amide bonds. The maximum atomic E-state index is 6.49. The number of morpholine rings is 1. The first-order valence-corrected chi connectivity index (χ1v) is 10.6. The summed E-state index contributed by atoms with van der Waals surface area (Å²) in [4.78, 5) is 2.60. The van der Waals surface area contributed by atoms with Gasteiger partial charge in [-0.05, 0) is 56.7 Å². The summed E-state index contributed by atoms with van der Waals surface area (Å²) in [5.74, 6) is 0.471. The number of nitrogens with zero attached hydrogens (tertiary/aromatic N) is 4. The molecule has 0 aromatic heterocycles. The number of aryl methyl sites for hydroxylation is 1. The minimum absolute atomic E-state index is 0.210. The van der Waals surface area contributed by atoms with Crippen LogP contribution >= 0.6 is 11.6 Å². The molecule has 2 aliphatic carbocycles. The van der Waals surface area contributed by atoms with E-state index in [-0.39, 0.29) is 11.7 Å². The van der Waals surface area contributed by atoms with Crippen molar-refractivity contribution >= 4 is 17.3 Å². The van der Waals surface area contributed by atoms with E-state index < -0.39 is 0 Å². The van der Waals surface area contributed by atoms with E-state index in [1.807, 2.05) is 6.92 Å². The average Bonchev–Trinajstić information content (AvgIpc) is 3.40. The first kappa shape index (κ1) is 17.7. The summed E-state index contributed by atoms with van der Waals surface area (Å²) >= 11 is 6.49. The molecule has 1 aromatic rings. The molecule has 2 fully saturated rings. The van der Waals surface area contributed by atoms with Crippen molar-refractivity contribution in [3.05, 3.63) is 40.4 Å². The molecule has 5 nitrogen and oxygen atoms in total. The van der Waals surface area contributed by atoms with Gasteiger partial charge in [0.25, 0.3) is 0 Å². The van der Waals surface area contributed by atoms with Crippen molar-refractivity contribution in [2.45, 2.75) is 50.7 Å². The quantitative estimate of drug-likeness (QED) is 0.703. The third kappa shape index (κ3) is 2.66. The molecular weight excluding hydrogens is 360 g/mol. The predicted octanol–water partition coefficient (Wildman–Crippen LogP) is 4.75. The summed E-state index contributed by atoms with van der Waals surface area (Å²) in [6.07, 6.45) is 8.46. The Kier molecular flexibility index (Phi) is 4.49. The van der Waals surface area contributed by atoms with E-state index in [1.165, 1.54) is 25.7 Å². The SMILES string of the molecule is Cc1ccc(N2N=N[C@@H]3CC[C@H](C4=CCCC4)[C@@]32N2CCOCC2)cc1Cl. The minimum Gasteiger partial charge on any atom is -0.379 e. The molecule has 6 heteroatoms. The Hall–Kier alpha value is -1.43. The Morgan fingerprint density at radius 3 is 2.81 bits per heavy atom. The van der Waals surface area contributed by atoms with Gasteiger partial charge in [0, 0.05) is 24.0 Å². The lowest BCUT2D eigenvalue weighted by molar-refractivity contribution is -0.0340. The van der Waals surface area contributed by atoms with Gasteiger partial charge in [-0.2, -0.15) is 5.11 Å². The summed E-state index contributed by atoms with van der Waals surface area (Å²) < 4.78 is 5.68. The second kappa shape index (κ2) is 6.87. The van der Waals surface area contributed by atoms with E-state index in [0.717, 1.165) is 49.0 Å². The molecule has 0 bridgehead atoms. The number of hydrogen-bond donors (Lipinski definition) is 0. The highest BCUT2D eigenvalue weighted by Crippen LogP contribution is 2.54. The summed E-state index contributed by atoms with van der Waals surface area (Å²) in [6, 6.07) is 6.50. The van der Waals surface area contributed by atoms with Gasteiger partial charge >= 0.3 is 0 Å². The van der Waals surface area contributed by atoms with Crippen molar-refractivity contribution in [3.8, 4) is 0 Å². The monoisotopic (exact) mass is 386 g/mol. The van der Waals surface area contributed by atoms with Gasteiger partial charge in [-0.25, -0.2) is 5.01 Å². The standard InChI is InChI=1S/C21H27ClN4O/c1-15-6-7-17(14-19(15)22)26-21(25-10-12-27-13-11-25)18(16-4-2-3-5-16)8-9-20(21)23-24-26/h4,6-7,14,18,20H,2-3,5,8-13H2,1H3/t18-,20-,21+/m1/s1. The summed E-state index contributed by atoms with van der Waals surface area (Å²) in [7, 11) is 0. The number of halogens is 1. The molecule has 2 heterocycles. The van der Waals surface area contributed by atoms with Gasteiger partial charge in [0.2, 0.25) is 0 Å². The molecule has 0 radical (unpaired) electrons. The average molecular weight is 387 g/mol. The van der Waals surface area contributed by atoms with Gasteiger partial charge in [-0.3, -0.25) is 4.90 Å². The Bertz CT molecular complexity index is 788. The highest BCUT2D eigenvalue weighted by Gasteiger charge is 2.62. The molecular formula is C21H27ClN4O. The Labute approximate surface area is 166 Å². The molecule has 1 aromatic carbocycles. The molecule has 3 atom stereocenters. The van der Waals surface area contributed by atoms with E-state index in [4.69, 9.17) is 26.7 Å². The van der Waals surface area contributed by atoms with Gasteiger partial charge in [-0.1, -0.05) is 34.5 Å². The molecule has 1 saturated heterocycles. The molecule has 5 rings (SSSR count). The third-order valence-corrected chi connectivity index (χ3v) is 7.20. The Balaban J connectivity index is 1.62. The van der Waals surface area contributed by atoms with E-state index in [0.29, 0.717) is 5.92 Å². The summed E-state index contributed by atoms with van der Waals surface area (Å²) in [5, 5.41) is 12.5. The van der Waals surface area contributed by atoms with Gasteiger partial charge in [0.1, 0.15) is 11.7 Å². The van der Waals surface area contributed by atoms with Gasteiger partial charge in [-0.15, -0.1) is 0 Å². The van der Waals surface area contributed by atoms with Crippen LogP contribution in [-0.2, 0) is 4.74 Å². The molecule has 0 spiro atoms. The smallest absolute Gasteiger partial charge is 0.148 e. The number of allylic oxidation sites excluding steroid dienone is 1.